The first kappa shape index (κ1) is 18.7. The Balaban J connectivity index is 1.73. The van der Waals surface area contributed by atoms with Gasteiger partial charge in [-0.05, 0) is 42.5 Å². The van der Waals surface area contributed by atoms with Crippen molar-refractivity contribution < 1.29 is 14.0 Å². The van der Waals surface area contributed by atoms with Crippen molar-refractivity contribution in [2.75, 3.05) is 11.9 Å². The second kappa shape index (κ2) is 8.13. The van der Waals surface area contributed by atoms with E-state index in [9.17, 15) is 14.0 Å². The van der Waals surface area contributed by atoms with E-state index in [-0.39, 0.29) is 24.2 Å². The fourth-order valence-electron chi connectivity index (χ4n) is 4.46. The van der Waals surface area contributed by atoms with Gasteiger partial charge in [0.05, 0.1) is 6.04 Å². The van der Waals surface area contributed by atoms with Crippen molar-refractivity contribution in [3.63, 3.8) is 0 Å². The lowest BCUT2D eigenvalue weighted by atomic mass is 9.86. The number of halogens is 1. The molecule has 4 rings (SSSR count). The van der Waals surface area contributed by atoms with E-state index in [0.717, 1.165) is 31.2 Å². The van der Waals surface area contributed by atoms with Gasteiger partial charge in [0.2, 0.25) is 11.8 Å². The molecule has 0 unspecified atom stereocenters. The number of hydrogen-bond donors (Lipinski definition) is 1. The maximum Gasteiger partial charge on any atom is 0.244 e. The Hall–Kier alpha value is -2.69. The van der Waals surface area contributed by atoms with Crippen molar-refractivity contribution in [3.8, 4) is 0 Å². The van der Waals surface area contributed by atoms with Crippen LogP contribution in [0.25, 0.3) is 0 Å². The van der Waals surface area contributed by atoms with E-state index in [1.165, 1.54) is 18.6 Å². The number of amides is 2. The summed E-state index contributed by atoms with van der Waals surface area (Å²) >= 11 is 0. The number of rotatable bonds is 3. The van der Waals surface area contributed by atoms with Crippen LogP contribution in [-0.4, -0.2) is 23.3 Å². The average Bonchev–Trinajstić information content (AvgIpc) is 2.85. The summed E-state index contributed by atoms with van der Waals surface area (Å²) in [6.45, 7) is -0.0264. The molecule has 4 nitrogen and oxygen atoms in total. The van der Waals surface area contributed by atoms with Crippen LogP contribution in [0.15, 0.2) is 48.5 Å². The Morgan fingerprint density at radius 3 is 2.57 bits per heavy atom. The van der Waals surface area contributed by atoms with Gasteiger partial charge in [0.25, 0.3) is 0 Å². The lowest BCUT2D eigenvalue weighted by Crippen LogP contribution is -2.39. The third-order valence-electron chi connectivity index (χ3n) is 5.83. The van der Waals surface area contributed by atoms with Crippen LogP contribution in [0, 0.1) is 11.7 Å². The maximum atomic E-state index is 14.1. The molecule has 1 aliphatic heterocycles. The molecular weight excluding hydrogens is 355 g/mol. The monoisotopic (exact) mass is 380 g/mol. The molecule has 1 N–H and O–H groups in total. The van der Waals surface area contributed by atoms with Crippen molar-refractivity contribution in [1.82, 2.24) is 4.90 Å². The average molecular weight is 380 g/mol. The highest BCUT2D eigenvalue weighted by Crippen LogP contribution is 2.37. The molecule has 1 atom stereocenters. The highest BCUT2D eigenvalue weighted by atomic mass is 19.1. The van der Waals surface area contributed by atoms with Crippen LogP contribution in [0.5, 0.6) is 0 Å². The molecule has 0 saturated heterocycles. The molecule has 0 bridgehead atoms. The van der Waals surface area contributed by atoms with E-state index < -0.39 is 6.04 Å². The summed E-state index contributed by atoms with van der Waals surface area (Å²) < 4.78 is 14.1. The van der Waals surface area contributed by atoms with Gasteiger partial charge < -0.3 is 10.2 Å². The topological polar surface area (TPSA) is 49.4 Å². The molecule has 0 aromatic heterocycles. The Bertz CT molecular complexity index is 862. The van der Waals surface area contributed by atoms with Crippen molar-refractivity contribution in [2.24, 2.45) is 5.92 Å². The largest absolute Gasteiger partial charge is 0.324 e. The van der Waals surface area contributed by atoms with Gasteiger partial charge in [-0.25, -0.2) is 4.39 Å². The molecule has 2 aromatic rings. The molecule has 28 heavy (non-hydrogen) atoms. The van der Waals surface area contributed by atoms with Crippen molar-refractivity contribution in [2.45, 2.75) is 44.6 Å². The fraction of sp³-hybridized carbons (Fsp3) is 0.391. The zero-order chi connectivity index (χ0) is 19.5. The number of anilines is 1. The summed E-state index contributed by atoms with van der Waals surface area (Å²) in [5, 5.41) is 2.84. The molecule has 2 aliphatic rings. The minimum atomic E-state index is -0.484. The molecule has 0 radical (unpaired) electrons. The molecule has 2 amide bonds. The second-order valence-corrected chi connectivity index (χ2v) is 7.82. The predicted octanol–water partition coefficient (Wildman–Crippen LogP) is 4.67. The van der Waals surface area contributed by atoms with Gasteiger partial charge in [0.15, 0.2) is 0 Å². The van der Waals surface area contributed by atoms with Gasteiger partial charge in [-0.15, -0.1) is 0 Å². The van der Waals surface area contributed by atoms with Gasteiger partial charge in [0.1, 0.15) is 12.4 Å². The summed E-state index contributed by atoms with van der Waals surface area (Å²) in [6.07, 6.45) is 6.13. The summed E-state index contributed by atoms with van der Waals surface area (Å²) in [4.78, 5) is 27.4. The zero-order valence-electron chi connectivity index (χ0n) is 15.9. The number of carbonyl (C=O) groups is 2. The van der Waals surface area contributed by atoms with E-state index in [1.807, 2.05) is 30.3 Å². The number of nitrogens with one attached hydrogen (secondary N) is 1. The van der Waals surface area contributed by atoms with E-state index in [0.29, 0.717) is 23.6 Å². The third kappa shape index (κ3) is 3.93. The number of fused-ring (bicyclic) bond motifs is 1. The first-order valence-electron chi connectivity index (χ1n) is 10.1. The summed E-state index contributed by atoms with van der Waals surface area (Å²) in [6, 6.07) is 13.4. The molecule has 1 aliphatic carbocycles. The Morgan fingerprint density at radius 1 is 1.07 bits per heavy atom. The van der Waals surface area contributed by atoms with Gasteiger partial charge in [-0.2, -0.15) is 0 Å². The minimum absolute atomic E-state index is 0.0264. The summed E-state index contributed by atoms with van der Waals surface area (Å²) in [5.74, 6) is -0.289. The van der Waals surface area contributed by atoms with Crippen molar-refractivity contribution in [3.05, 3.63) is 65.5 Å². The van der Waals surface area contributed by atoms with Crippen LogP contribution >= 0.6 is 0 Å². The number of carbonyl (C=O) groups excluding carboxylic acids is 2. The molecule has 146 valence electrons. The van der Waals surface area contributed by atoms with Crippen LogP contribution in [0.1, 0.15) is 55.7 Å². The van der Waals surface area contributed by atoms with Crippen LogP contribution in [-0.2, 0) is 9.59 Å². The Kier molecular flexibility index (Phi) is 5.42. The Labute approximate surface area is 164 Å². The Morgan fingerprint density at radius 2 is 1.82 bits per heavy atom. The smallest absolute Gasteiger partial charge is 0.244 e. The molecule has 1 fully saturated rings. The zero-order valence-corrected chi connectivity index (χ0v) is 15.9. The van der Waals surface area contributed by atoms with Crippen LogP contribution < -0.4 is 5.32 Å². The van der Waals surface area contributed by atoms with E-state index in [2.05, 4.69) is 5.32 Å². The SMILES string of the molecule is O=C1CN(C(=O)CC2CCCCC2)[C@H](c2ccccc2)c2cc(F)ccc2N1. The number of hydrogen-bond acceptors (Lipinski definition) is 2. The van der Waals surface area contributed by atoms with Crippen LogP contribution in [0.2, 0.25) is 0 Å². The quantitative estimate of drug-likeness (QED) is 0.841. The van der Waals surface area contributed by atoms with Gasteiger partial charge in [-0.3, -0.25) is 9.59 Å². The van der Waals surface area contributed by atoms with E-state index in [1.54, 1.807) is 11.0 Å². The van der Waals surface area contributed by atoms with E-state index in [4.69, 9.17) is 0 Å². The molecule has 0 spiro atoms. The first-order valence-corrected chi connectivity index (χ1v) is 10.1. The summed E-state index contributed by atoms with van der Waals surface area (Å²) in [7, 11) is 0. The fourth-order valence-corrected chi connectivity index (χ4v) is 4.46. The van der Waals surface area contributed by atoms with E-state index >= 15 is 0 Å². The maximum absolute atomic E-state index is 14.1. The van der Waals surface area contributed by atoms with Crippen LogP contribution in [0.4, 0.5) is 10.1 Å². The van der Waals surface area contributed by atoms with Crippen molar-refractivity contribution >= 4 is 17.5 Å². The normalized spacial score (nSPS) is 20.2. The summed E-state index contributed by atoms with van der Waals surface area (Å²) in [5.41, 5.74) is 2.06. The van der Waals surface area contributed by atoms with Crippen LogP contribution in [0.3, 0.4) is 0 Å². The lowest BCUT2D eigenvalue weighted by Gasteiger charge is -2.32. The molecular formula is C23H25FN2O2. The van der Waals surface area contributed by atoms with Crippen molar-refractivity contribution in [1.29, 1.82) is 0 Å². The molecule has 1 heterocycles. The van der Waals surface area contributed by atoms with Gasteiger partial charge in [-0.1, -0.05) is 49.6 Å². The first-order chi connectivity index (χ1) is 13.6. The number of benzene rings is 2. The van der Waals surface area contributed by atoms with Gasteiger partial charge in [0, 0.05) is 17.7 Å². The second-order valence-electron chi connectivity index (χ2n) is 7.82. The third-order valence-corrected chi connectivity index (χ3v) is 5.83. The lowest BCUT2D eigenvalue weighted by molar-refractivity contribution is -0.137. The molecule has 1 saturated carbocycles. The standard InChI is InChI=1S/C23H25FN2O2/c24-18-11-12-20-19(14-18)23(17-9-5-2-6-10-17)26(15-21(27)25-20)22(28)13-16-7-3-1-4-8-16/h2,5-6,9-12,14,16,23H,1,3-4,7-8,13,15H2,(H,25,27)/t23-/m1/s1. The molecule has 2 aromatic carbocycles. The molecule has 5 heteroatoms. The minimum Gasteiger partial charge on any atom is -0.324 e. The van der Waals surface area contributed by atoms with Gasteiger partial charge >= 0.3 is 0 Å². The predicted molar refractivity (Wildman–Crippen MR) is 106 cm³/mol. The highest BCUT2D eigenvalue weighted by Gasteiger charge is 2.34. The number of nitrogens with zero attached hydrogens (tertiary/aromatic N) is 1. The highest BCUT2D eigenvalue weighted by molar-refractivity contribution is 5.97.